The number of carbonyl (C=O) groups excluding carboxylic acids is 5. The van der Waals surface area contributed by atoms with Crippen LogP contribution in [0.25, 0.3) is 0 Å². The van der Waals surface area contributed by atoms with Crippen LogP contribution in [0, 0.1) is 46.8 Å². The topological polar surface area (TPSA) is 152 Å². The van der Waals surface area contributed by atoms with Gasteiger partial charge < -0.3 is 19.9 Å². The van der Waals surface area contributed by atoms with Crippen molar-refractivity contribution in [3.8, 4) is 23.7 Å². The molecule has 1 saturated carbocycles. The van der Waals surface area contributed by atoms with Crippen molar-refractivity contribution >= 4 is 35.2 Å². The minimum atomic E-state index is -0.973. The number of fused-ring (bicyclic) bond motifs is 1. The second-order valence-corrected chi connectivity index (χ2v) is 18.2. The first-order valence-corrected chi connectivity index (χ1v) is 21.1. The number of anilines is 1. The number of hydrogen-bond donors (Lipinski definition) is 2. The van der Waals surface area contributed by atoms with Crippen molar-refractivity contribution in [1.82, 2.24) is 20.4 Å². The number of likely N-dealkylation sites (tertiary alicyclic amines) is 1. The van der Waals surface area contributed by atoms with Gasteiger partial charge in [0.15, 0.2) is 0 Å². The van der Waals surface area contributed by atoms with Crippen LogP contribution in [0.5, 0.6) is 5.75 Å². The number of benzene rings is 3. The Morgan fingerprint density at radius 1 is 0.833 bits per heavy atom. The summed E-state index contributed by atoms with van der Waals surface area (Å²) in [5.74, 6) is 5.79. The fourth-order valence-electron chi connectivity index (χ4n) is 10.4. The molecule has 0 aromatic heterocycles. The van der Waals surface area contributed by atoms with Gasteiger partial charge in [-0.1, -0.05) is 39.5 Å². The fraction of sp³-hybridized carbons (Fsp3) is 0.458. The molecular formula is C48H52N6O6. The van der Waals surface area contributed by atoms with Crippen LogP contribution >= 0.6 is 0 Å². The van der Waals surface area contributed by atoms with E-state index in [1.165, 1.54) is 0 Å². The first-order chi connectivity index (χ1) is 28.6. The summed E-state index contributed by atoms with van der Waals surface area (Å²) in [5.41, 5.74) is 3.84. The van der Waals surface area contributed by atoms with Gasteiger partial charge in [0, 0.05) is 65.2 Å². The molecule has 1 atom stereocenters. The molecule has 5 aliphatic rings. The lowest BCUT2D eigenvalue weighted by atomic mass is 9.49. The largest absolute Gasteiger partial charge is 0.489 e. The smallest absolute Gasteiger partial charge is 0.262 e. The van der Waals surface area contributed by atoms with Crippen LogP contribution in [-0.4, -0.2) is 89.7 Å². The third-order valence-corrected chi connectivity index (χ3v) is 13.6. The number of amides is 5. The molecule has 12 nitrogen and oxygen atoms in total. The summed E-state index contributed by atoms with van der Waals surface area (Å²) in [6.45, 7) is 14.0. The monoisotopic (exact) mass is 808 g/mol. The summed E-state index contributed by atoms with van der Waals surface area (Å²) in [6, 6.07) is 20.0. The van der Waals surface area contributed by atoms with Crippen LogP contribution in [0.2, 0.25) is 0 Å². The fourth-order valence-corrected chi connectivity index (χ4v) is 10.4. The average molecular weight is 809 g/mol. The van der Waals surface area contributed by atoms with Crippen molar-refractivity contribution in [2.24, 2.45) is 16.7 Å². The van der Waals surface area contributed by atoms with E-state index in [1.807, 2.05) is 49.4 Å². The molecule has 0 spiro atoms. The predicted octanol–water partition coefficient (Wildman–Crippen LogP) is 5.61. The van der Waals surface area contributed by atoms with Crippen LogP contribution in [0.15, 0.2) is 60.7 Å². The van der Waals surface area contributed by atoms with Crippen LogP contribution in [-0.2, 0) is 9.59 Å². The molecule has 2 N–H and O–H groups in total. The summed E-state index contributed by atoms with van der Waals surface area (Å²) in [4.78, 5) is 69.9. The van der Waals surface area contributed by atoms with Gasteiger partial charge in [0.25, 0.3) is 17.7 Å². The highest BCUT2D eigenvalue weighted by molar-refractivity contribution is 6.23. The van der Waals surface area contributed by atoms with Crippen LogP contribution in [0.3, 0.4) is 0 Å². The summed E-state index contributed by atoms with van der Waals surface area (Å²) in [5, 5.41) is 14.8. The van der Waals surface area contributed by atoms with Crippen molar-refractivity contribution in [2.75, 3.05) is 31.1 Å². The Labute approximate surface area is 351 Å². The Morgan fingerprint density at radius 3 is 2.17 bits per heavy atom. The van der Waals surface area contributed by atoms with Gasteiger partial charge in [0.1, 0.15) is 17.9 Å². The third-order valence-electron chi connectivity index (χ3n) is 13.6. The van der Waals surface area contributed by atoms with Crippen LogP contribution < -0.4 is 20.3 Å². The number of hydrogen-bond acceptors (Lipinski definition) is 9. The minimum absolute atomic E-state index is 0.0914. The summed E-state index contributed by atoms with van der Waals surface area (Å²) in [6.07, 6.45) is 4.08. The number of piperidine rings is 3. The van der Waals surface area contributed by atoms with Gasteiger partial charge in [-0.05, 0) is 118 Å². The molecule has 8 rings (SSSR count). The number of ether oxygens (including phenoxy) is 1. The maximum Gasteiger partial charge on any atom is 0.262 e. The Balaban J connectivity index is 0.794. The van der Waals surface area contributed by atoms with Crippen molar-refractivity contribution in [3.63, 3.8) is 0 Å². The molecule has 1 unspecified atom stereocenters. The molecule has 12 heteroatoms. The Morgan fingerprint density at radius 2 is 1.52 bits per heavy atom. The van der Waals surface area contributed by atoms with E-state index in [2.05, 4.69) is 66.0 Å². The molecule has 3 saturated heterocycles. The number of carbonyl (C=O) groups is 5. The molecule has 3 aromatic rings. The van der Waals surface area contributed by atoms with E-state index in [9.17, 15) is 29.2 Å². The van der Waals surface area contributed by atoms with Gasteiger partial charge in [-0.2, -0.15) is 5.26 Å². The maximum absolute atomic E-state index is 13.4. The van der Waals surface area contributed by atoms with E-state index in [1.54, 1.807) is 18.2 Å². The lowest BCUT2D eigenvalue weighted by Crippen LogP contribution is -2.74. The molecule has 60 heavy (non-hydrogen) atoms. The van der Waals surface area contributed by atoms with E-state index in [4.69, 9.17) is 4.74 Å². The summed E-state index contributed by atoms with van der Waals surface area (Å²) < 4.78 is 6.45. The van der Waals surface area contributed by atoms with Crippen LogP contribution in [0.1, 0.15) is 114 Å². The van der Waals surface area contributed by atoms with E-state index in [0.29, 0.717) is 34.2 Å². The highest BCUT2D eigenvalue weighted by Gasteiger charge is 2.64. The van der Waals surface area contributed by atoms with Gasteiger partial charge in [0.05, 0.1) is 22.8 Å². The Bertz CT molecular complexity index is 2340. The van der Waals surface area contributed by atoms with Gasteiger partial charge in [-0.15, -0.1) is 0 Å². The lowest BCUT2D eigenvalue weighted by Gasteiger charge is -2.63. The number of imide groups is 2. The predicted molar refractivity (Wildman–Crippen MR) is 225 cm³/mol. The molecule has 1 aliphatic carbocycles. The number of aryl methyl sites for hydroxylation is 1. The molecule has 0 bridgehead atoms. The quantitative estimate of drug-likeness (QED) is 0.229. The SMILES string of the molecule is Cc1cc(O[C@H]2C(C)(C)[C@H](NC(=O)c3ccc(C#CC4CCN(C5CCN(c6ccc7c(c6)C(=O)N(C6CCC(=O)NC6=O)C7=O)CC5)CC4)cc3)C2(C)C)ccc1C#N. The van der Waals surface area contributed by atoms with Crippen molar-refractivity contribution in [3.05, 3.63) is 94.0 Å². The molecule has 310 valence electrons. The third kappa shape index (κ3) is 7.54. The summed E-state index contributed by atoms with van der Waals surface area (Å²) in [7, 11) is 0. The van der Waals surface area contributed by atoms with Gasteiger partial charge in [-0.3, -0.25) is 34.2 Å². The lowest BCUT2D eigenvalue weighted by molar-refractivity contribution is -0.164. The van der Waals surface area contributed by atoms with Gasteiger partial charge in [0.2, 0.25) is 11.8 Å². The standard InChI is InChI=1S/C48H52N6O6/c1-29-26-36(14-12-33(29)28-49)60-46-47(2,3)45(48(46,4)5)51-41(56)32-10-8-30(9-11-32)6-7-31-18-22-52(23-19-31)34-20-24-53(25-21-34)35-13-15-37-38(27-35)44(59)54(43(37)58)39-16-17-40(55)50-42(39)57/h8-15,26-27,31,34,39,45-46H,16-25H2,1-5H3,(H,51,56)(H,50,55,57)/t39?,45-,46-. The Kier molecular flexibility index (Phi) is 10.8. The van der Waals surface area contributed by atoms with Crippen LogP contribution in [0.4, 0.5) is 5.69 Å². The highest BCUT2D eigenvalue weighted by Crippen LogP contribution is 2.55. The molecule has 4 fully saturated rings. The molecular weight excluding hydrogens is 757 g/mol. The zero-order chi connectivity index (χ0) is 42.5. The second-order valence-electron chi connectivity index (χ2n) is 18.2. The number of nitriles is 1. The first-order valence-electron chi connectivity index (χ1n) is 21.1. The van der Waals surface area contributed by atoms with E-state index in [0.717, 1.165) is 79.3 Å². The zero-order valence-electron chi connectivity index (χ0n) is 35.0. The molecule has 5 amide bonds. The molecule has 0 radical (unpaired) electrons. The molecule has 4 aliphatic heterocycles. The Hall–Kier alpha value is -5.98. The van der Waals surface area contributed by atoms with Gasteiger partial charge >= 0.3 is 0 Å². The maximum atomic E-state index is 13.4. The minimum Gasteiger partial charge on any atom is -0.489 e. The van der Waals surface area contributed by atoms with E-state index < -0.39 is 29.7 Å². The number of nitrogens with zero attached hydrogens (tertiary/aromatic N) is 4. The van der Waals surface area contributed by atoms with Crippen molar-refractivity contribution < 1.29 is 28.7 Å². The number of nitrogens with one attached hydrogen (secondary N) is 2. The highest BCUT2D eigenvalue weighted by atomic mass is 16.5. The number of rotatable bonds is 7. The van der Waals surface area contributed by atoms with Gasteiger partial charge in [-0.25, -0.2) is 0 Å². The van der Waals surface area contributed by atoms with E-state index >= 15 is 0 Å². The normalized spacial score (nSPS) is 24.1. The second kappa shape index (κ2) is 15.9. The average Bonchev–Trinajstić information content (AvgIpc) is 3.49. The first kappa shape index (κ1) is 40.8. The molecule has 3 aromatic carbocycles. The van der Waals surface area contributed by atoms with E-state index in [-0.39, 0.29) is 41.7 Å². The summed E-state index contributed by atoms with van der Waals surface area (Å²) >= 11 is 0. The van der Waals surface area contributed by atoms with Crippen molar-refractivity contribution in [2.45, 2.75) is 97.4 Å². The zero-order valence-corrected chi connectivity index (χ0v) is 35.0. The van der Waals surface area contributed by atoms with Crippen molar-refractivity contribution in [1.29, 1.82) is 5.26 Å². The molecule has 4 heterocycles.